The number of rotatable bonds is 4. The molecule has 5 heteroatoms. The number of carbonyl (C=O) groups is 1. The van der Waals surface area contributed by atoms with Crippen molar-refractivity contribution in [2.24, 2.45) is 0 Å². The zero-order valence-corrected chi connectivity index (χ0v) is 14.8. The van der Waals surface area contributed by atoms with Gasteiger partial charge in [-0.05, 0) is 52.5 Å². The van der Waals surface area contributed by atoms with E-state index in [0.29, 0.717) is 18.2 Å². The van der Waals surface area contributed by atoms with Crippen LogP contribution in [0.3, 0.4) is 0 Å². The lowest BCUT2D eigenvalue weighted by Gasteiger charge is -2.28. The van der Waals surface area contributed by atoms with Gasteiger partial charge in [0.1, 0.15) is 0 Å². The fourth-order valence-electron chi connectivity index (χ4n) is 3.61. The molecule has 0 aromatic carbocycles. The van der Waals surface area contributed by atoms with Crippen LogP contribution in [0.25, 0.3) is 0 Å². The maximum absolute atomic E-state index is 12.7. The number of nitrogens with zero attached hydrogens (tertiary/aromatic N) is 3. The van der Waals surface area contributed by atoms with Crippen LogP contribution >= 0.6 is 0 Å². The minimum atomic E-state index is -0.712. The van der Waals surface area contributed by atoms with Gasteiger partial charge >= 0.3 is 0 Å². The lowest BCUT2D eigenvalue weighted by Crippen LogP contribution is -2.42. The Labute approximate surface area is 138 Å². The van der Waals surface area contributed by atoms with Crippen LogP contribution in [0.4, 0.5) is 0 Å². The molecule has 5 nitrogen and oxygen atoms in total. The van der Waals surface area contributed by atoms with Gasteiger partial charge in [-0.15, -0.1) is 0 Å². The lowest BCUT2D eigenvalue weighted by molar-refractivity contribution is 0.0154. The summed E-state index contributed by atoms with van der Waals surface area (Å²) in [6, 6.07) is 1.96. The molecule has 1 heterocycles. The zero-order valence-electron chi connectivity index (χ0n) is 14.8. The summed E-state index contributed by atoms with van der Waals surface area (Å²) in [5.74, 6) is 0.461. The molecule has 0 radical (unpaired) electrons. The van der Waals surface area contributed by atoms with Crippen LogP contribution < -0.4 is 0 Å². The minimum absolute atomic E-state index is 0.0878. The summed E-state index contributed by atoms with van der Waals surface area (Å²) in [4.78, 5) is 14.4. The molecule has 0 bridgehead atoms. The van der Waals surface area contributed by atoms with Gasteiger partial charge in [0.2, 0.25) is 0 Å². The first-order chi connectivity index (χ1) is 10.7. The zero-order chi connectivity index (χ0) is 16.8. The molecule has 0 spiro atoms. The first-order valence-electron chi connectivity index (χ1n) is 8.78. The Kier molecular flexibility index (Phi) is 4.03. The molecular formula is C18H29N3O2. The Morgan fingerprint density at radius 3 is 2.52 bits per heavy atom. The van der Waals surface area contributed by atoms with Gasteiger partial charge in [0.15, 0.2) is 5.69 Å². The predicted molar refractivity (Wildman–Crippen MR) is 89.6 cm³/mol. The molecule has 23 heavy (non-hydrogen) atoms. The molecule has 1 N–H and O–H groups in total. The maximum atomic E-state index is 12.7. The van der Waals surface area contributed by atoms with Gasteiger partial charge in [-0.2, -0.15) is 5.10 Å². The Morgan fingerprint density at radius 2 is 2.00 bits per heavy atom. The second-order valence-electron chi connectivity index (χ2n) is 8.40. The van der Waals surface area contributed by atoms with Crippen LogP contribution in [0.1, 0.15) is 81.4 Å². The highest BCUT2D eigenvalue weighted by Gasteiger charge is 2.36. The molecule has 1 aromatic rings. The van der Waals surface area contributed by atoms with E-state index in [9.17, 15) is 9.90 Å². The largest absolute Gasteiger partial charge is 0.388 e. The first-order valence-corrected chi connectivity index (χ1v) is 8.78. The second kappa shape index (κ2) is 5.62. The van der Waals surface area contributed by atoms with Crippen molar-refractivity contribution in [1.29, 1.82) is 0 Å². The maximum Gasteiger partial charge on any atom is 0.274 e. The van der Waals surface area contributed by atoms with E-state index in [1.54, 1.807) is 11.9 Å². The number of carbonyl (C=O) groups excluding carboxylic acids is 1. The van der Waals surface area contributed by atoms with Gasteiger partial charge in [-0.3, -0.25) is 9.48 Å². The third-order valence-corrected chi connectivity index (χ3v) is 5.00. The summed E-state index contributed by atoms with van der Waals surface area (Å²) in [6.45, 7) is 6.74. The van der Waals surface area contributed by atoms with E-state index in [1.807, 2.05) is 10.7 Å². The Hall–Kier alpha value is -1.36. The molecule has 2 saturated carbocycles. The summed E-state index contributed by atoms with van der Waals surface area (Å²) < 4.78 is 2.01. The van der Waals surface area contributed by atoms with E-state index in [-0.39, 0.29) is 11.4 Å². The van der Waals surface area contributed by atoms with Crippen LogP contribution in [0.2, 0.25) is 0 Å². The van der Waals surface area contributed by atoms with E-state index in [2.05, 4.69) is 25.9 Å². The number of amides is 1. The van der Waals surface area contributed by atoms with E-state index < -0.39 is 5.60 Å². The number of likely N-dealkylation sites (N-methyl/N-ethyl adjacent to an activating group) is 1. The molecule has 128 valence electrons. The monoisotopic (exact) mass is 319 g/mol. The van der Waals surface area contributed by atoms with Crippen molar-refractivity contribution in [3.63, 3.8) is 0 Å². The van der Waals surface area contributed by atoms with E-state index in [0.717, 1.165) is 25.7 Å². The molecule has 3 rings (SSSR count). The lowest BCUT2D eigenvalue weighted by atomic mass is 10.0. The van der Waals surface area contributed by atoms with Crippen LogP contribution in [0.15, 0.2) is 6.07 Å². The highest BCUT2D eigenvalue weighted by atomic mass is 16.3. The van der Waals surface area contributed by atoms with Crippen molar-refractivity contribution >= 4 is 5.91 Å². The van der Waals surface area contributed by atoms with Crippen LogP contribution in [-0.2, 0) is 5.54 Å². The van der Waals surface area contributed by atoms with Gasteiger partial charge < -0.3 is 10.0 Å². The molecule has 0 saturated heterocycles. The Balaban J connectivity index is 1.79. The molecular weight excluding hydrogens is 290 g/mol. The SMILES string of the molecule is CN(CC1(O)CCCC1)C(=O)c1cc(C2CC2)n(C(C)(C)C)n1. The fourth-order valence-corrected chi connectivity index (χ4v) is 3.61. The smallest absolute Gasteiger partial charge is 0.274 e. The third kappa shape index (κ3) is 3.44. The van der Waals surface area contributed by atoms with Crippen molar-refractivity contribution < 1.29 is 9.90 Å². The van der Waals surface area contributed by atoms with Crippen molar-refractivity contribution in [3.8, 4) is 0 Å². The molecule has 0 unspecified atom stereocenters. The normalized spacial score (nSPS) is 20.7. The molecule has 1 aromatic heterocycles. The quantitative estimate of drug-likeness (QED) is 0.928. The predicted octanol–water partition coefficient (Wildman–Crippen LogP) is 2.89. The van der Waals surface area contributed by atoms with Crippen LogP contribution in [-0.4, -0.2) is 44.9 Å². The number of aliphatic hydroxyl groups is 1. The highest BCUT2D eigenvalue weighted by Crippen LogP contribution is 2.42. The van der Waals surface area contributed by atoms with E-state index in [4.69, 9.17) is 0 Å². The second-order valence-corrected chi connectivity index (χ2v) is 8.40. The number of hydrogen-bond donors (Lipinski definition) is 1. The molecule has 0 atom stereocenters. The Bertz CT molecular complexity index is 590. The van der Waals surface area contributed by atoms with Crippen molar-refractivity contribution in [2.45, 2.75) is 76.4 Å². The Morgan fingerprint density at radius 1 is 1.39 bits per heavy atom. The van der Waals surface area contributed by atoms with Gasteiger partial charge in [0.25, 0.3) is 5.91 Å². The summed E-state index contributed by atoms with van der Waals surface area (Å²) in [7, 11) is 1.77. The first kappa shape index (κ1) is 16.5. The molecule has 2 aliphatic rings. The summed E-state index contributed by atoms with van der Waals surface area (Å²) in [5.41, 5.74) is 0.842. The highest BCUT2D eigenvalue weighted by molar-refractivity contribution is 5.92. The van der Waals surface area contributed by atoms with Crippen molar-refractivity contribution in [1.82, 2.24) is 14.7 Å². The van der Waals surface area contributed by atoms with Gasteiger partial charge in [0.05, 0.1) is 11.1 Å². The molecule has 2 aliphatic carbocycles. The van der Waals surface area contributed by atoms with Gasteiger partial charge in [-0.1, -0.05) is 12.8 Å². The molecule has 0 aliphatic heterocycles. The molecule has 1 amide bonds. The minimum Gasteiger partial charge on any atom is -0.388 e. The fraction of sp³-hybridized carbons (Fsp3) is 0.778. The van der Waals surface area contributed by atoms with E-state index in [1.165, 1.54) is 18.5 Å². The summed E-state index contributed by atoms with van der Waals surface area (Å²) >= 11 is 0. The number of aromatic nitrogens is 2. The standard InChI is InChI=1S/C18H29N3O2/c1-17(2,3)21-15(13-7-8-13)11-14(19-21)16(22)20(4)12-18(23)9-5-6-10-18/h11,13,23H,5-10,12H2,1-4H3. The average Bonchev–Trinajstić information content (AvgIpc) is 3.05. The topological polar surface area (TPSA) is 58.4 Å². The van der Waals surface area contributed by atoms with Crippen LogP contribution in [0, 0.1) is 0 Å². The van der Waals surface area contributed by atoms with Gasteiger partial charge in [0, 0.05) is 25.2 Å². The summed E-state index contributed by atoms with van der Waals surface area (Å²) in [5, 5.41) is 15.1. The molecule has 2 fully saturated rings. The van der Waals surface area contributed by atoms with Gasteiger partial charge in [-0.25, -0.2) is 0 Å². The third-order valence-electron chi connectivity index (χ3n) is 5.00. The number of hydrogen-bond acceptors (Lipinski definition) is 3. The average molecular weight is 319 g/mol. The van der Waals surface area contributed by atoms with Crippen molar-refractivity contribution in [3.05, 3.63) is 17.5 Å². The van der Waals surface area contributed by atoms with Crippen molar-refractivity contribution in [2.75, 3.05) is 13.6 Å². The van der Waals surface area contributed by atoms with Crippen LogP contribution in [0.5, 0.6) is 0 Å². The summed E-state index contributed by atoms with van der Waals surface area (Å²) in [6.07, 6.45) is 6.03. The van der Waals surface area contributed by atoms with E-state index >= 15 is 0 Å².